The molecule has 4 rings (SSSR count). The van der Waals surface area contributed by atoms with Crippen molar-refractivity contribution in [2.75, 3.05) is 16.8 Å². The van der Waals surface area contributed by atoms with Crippen LogP contribution in [0.5, 0.6) is 0 Å². The standard InChI is InChI=1S/C21H24N8/c1-5-29(14(2)3)17-9-21(27-23-12-17)26-20-7-6-18-19(25-20)8-15(10-22-18)16-11-24-28(4)13-16/h6-14H,5H2,1-4H3,(H,25,26,27). The zero-order chi connectivity index (χ0) is 20.4. The molecule has 0 radical (unpaired) electrons. The summed E-state index contributed by atoms with van der Waals surface area (Å²) >= 11 is 0. The van der Waals surface area contributed by atoms with Gasteiger partial charge in [-0.15, -0.1) is 5.10 Å². The number of hydrogen-bond acceptors (Lipinski definition) is 7. The summed E-state index contributed by atoms with van der Waals surface area (Å²) in [6.45, 7) is 7.36. The van der Waals surface area contributed by atoms with Crippen LogP contribution in [0, 0.1) is 0 Å². The van der Waals surface area contributed by atoms with Crippen LogP contribution in [-0.2, 0) is 7.05 Å². The first kappa shape index (κ1) is 18.8. The Morgan fingerprint density at radius 3 is 2.62 bits per heavy atom. The van der Waals surface area contributed by atoms with Gasteiger partial charge in [-0.1, -0.05) is 0 Å². The van der Waals surface area contributed by atoms with Crippen LogP contribution in [0.3, 0.4) is 0 Å². The lowest BCUT2D eigenvalue weighted by Gasteiger charge is -2.27. The van der Waals surface area contributed by atoms with Crippen LogP contribution >= 0.6 is 0 Å². The summed E-state index contributed by atoms with van der Waals surface area (Å²) in [5, 5.41) is 15.8. The molecule has 0 aliphatic carbocycles. The highest BCUT2D eigenvalue weighted by molar-refractivity contribution is 5.81. The number of fused-ring (bicyclic) bond motifs is 1. The van der Waals surface area contributed by atoms with Gasteiger partial charge < -0.3 is 10.2 Å². The molecule has 0 aliphatic heterocycles. The van der Waals surface area contributed by atoms with Gasteiger partial charge in [-0.05, 0) is 39.0 Å². The van der Waals surface area contributed by atoms with Crippen LogP contribution < -0.4 is 10.2 Å². The van der Waals surface area contributed by atoms with Gasteiger partial charge >= 0.3 is 0 Å². The van der Waals surface area contributed by atoms with E-state index in [1.807, 2.05) is 49.9 Å². The molecule has 8 nitrogen and oxygen atoms in total. The van der Waals surface area contributed by atoms with Gasteiger partial charge in [0.15, 0.2) is 5.82 Å². The van der Waals surface area contributed by atoms with Crippen LogP contribution in [0.1, 0.15) is 20.8 Å². The quantitative estimate of drug-likeness (QED) is 0.538. The van der Waals surface area contributed by atoms with E-state index < -0.39 is 0 Å². The summed E-state index contributed by atoms with van der Waals surface area (Å²) in [7, 11) is 1.90. The number of aryl methyl sites for hydroxylation is 1. The molecule has 4 aromatic rings. The van der Waals surface area contributed by atoms with Crippen LogP contribution in [0.25, 0.3) is 22.2 Å². The van der Waals surface area contributed by atoms with Gasteiger partial charge in [-0.25, -0.2) is 4.98 Å². The Kier molecular flexibility index (Phi) is 5.07. The number of anilines is 3. The molecule has 0 aromatic carbocycles. The maximum absolute atomic E-state index is 4.71. The number of rotatable bonds is 6. The van der Waals surface area contributed by atoms with E-state index in [4.69, 9.17) is 4.98 Å². The number of nitrogens with zero attached hydrogens (tertiary/aromatic N) is 7. The number of hydrogen-bond donors (Lipinski definition) is 1. The lowest BCUT2D eigenvalue weighted by Crippen LogP contribution is -2.30. The Hall–Kier alpha value is -3.55. The van der Waals surface area contributed by atoms with E-state index in [2.05, 4.69) is 51.3 Å². The van der Waals surface area contributed by atoms with E-state index in [0.717, 1.165) is 34.4 Å². The average Bonchev–Trinajstić information content (AvgIpc) is 3.14. The molecule has 4 heterocycles. The van der Waals surface area contributed by atoms with Crippen LogP contribution in [0.15, 0.2) is 49.1 Å². The van der Waals surface area contributed by atoms with Crippen LogP contribution in [0.4, 0.5) is 17.3 Å². The van der Waals surface area contributed by atoms with E-state index in [-0.39, 0.29) is 0 Å². The molecule has 0 fully saturated rings. The first-order valence-electron chi connectivity index (χ1n) is 9.65. The summed E-state index contributed by atoms with van der Waals surface area (Å²) in [6.07, 6.45) is 7.40. The molecule has 0 spiro atoms. The number of aromatic nitrogens is 6. The van der Waals surface area contributed by atoms with Crippen molar-refractivity contribution in [2.24, 2.45) is 7.05 Å². The summed E-state index contributed by atoms with van der Waals surface area (Å²) < 4.78 is 1.77. The van der Waals surface area contributed by atoms with E-state index in [0.29, 0.717) is 17.7 Å². The normalized spacial score (nSPS) is 11.2. The molecule has 0 bridgehead atoms. The molecule has 0 atom stereocenters. The summed E-state index contributed by atoms with van der Waals surface area (Å²) in [5.74, 6) is 1.35. The second-order valence-electron chi connectivity index (χ2n) is 7.17. The van der Waals surface area contributed by atoms with Crippen molar-refractivity contribution < 1.29 is 0 Å². The second kappa shape index (κ2) is 7.83. The van der Waals surface area contributed by atoms with E-state index >= 15 is 0 Å². The van der Waals surface area contributed by atoms with Crippen molar-refractivity contribution in [1.29, 1.82) is 0 Å². The summed E-state index contributed by atoms with van der Waals surface area (Å²) in [4.78, 5) is 11.5. The molecule has 148 valence electrons. The van der Waals surface area contributed by atoms with Crippen molar-refractivity contribution in [2.45, 2.75) is 26.8 Å². The van der Waals surface area contributed by atoms with Crippen molar-refractivity contribution in [3.63, 3.8) is 0 Å². The molecule has 1 N–H and O–H groups in total. The van der Waals surface area contributed by atoms with Gasteiger partial charge in [0.2, 0.25) is 0 Å². The summed E-state index contributed by atoms with van der Waals surface area (Å²) in [5.41, 5.74) is 4.65. The van der Waals surface area contributed by atoms with Crippen molar-refractivity contribution >= 4 is 28.4 Å². The maximum Gasteiger partial charge on any atom is 0.156 e. The molecule has 4 aromatic heterocycles. The van der Waals surface area contributed by atoms with Gasteiger partial charge in [0.1, 0.15) is 5.82 Å². The third kappa shape index (κ3) is 4.01. The first-order chi connectivity index (χ1) is 14.0. The minimum atomic E-state index is 0.382. The molecule has 8 heteroatoms. The lowest BCUT2D eigenvalue weighted by atomic mass is 10.1. The predicted octanol–water partition coefficient (Wildman–Crippen LogP) is 3.80. The summed E-state index contributed by atoms with van der Waals surface area (Å²) in [6, 6.07) is 8.24. The lowest BCUT2D eigenvalue weighted by molar-refractivity contribution is 0.700. The first-order valence-corrected chi connectivity index (χ1v) is 9.65. The van der Waals surface area contributed by atoms with Crippen LogP contribution in [0.2, 0.25) is 0 Å². The zero-order valence-electron chi connectivity index (χ0n) is 17.0. The monoisotopic (exact) mass is 388 g/mol. The Labute approximate surface area is 169 Å². The van der Waals surface area contributed by atoms with Gasteiger partial charge in [-0.2, -0.15) is 10.2 Å². The van der Waals surface area contributed by atoms with Crippen molar-refractivity contribution in [3.8, 4) is 11.1 Å². The fourth-order valence-corrected chi connectivity index (χ4v) is 3.36. The highest BCUT2D eigenvalue weighted by atomic mass is 15.2. The van der Waals surface area contributed by atoms with Gasteiger partial charge in [0.05, 0.1) is 29.1 Å². The predicted molar refractivity (Wildman–Crippen MR) is 115 cm³/mol. The fourth-order valence-electron chi connectivity index (χ4n) is 3.36. The zero-order valence-corrected chi connectivity index (χ0v) is 17.0. The topological polar surface area (TPSA) is 84.7 Å². The van der Waals surface area contributed by atoms with Crippen LogP contribution in [-0.4, -0.2) is 42.5 Å². The molecule has 29 heavy (non-hydrogen) atoms. The Morgan fingerprint density at radius 1 is 1.03 bits per heavy atom. The third-order valence-electron chi connectivity index (χ3n) is 4.77. The van der Waals surface area contributed by atoms with Crippen molar-refractivity contribution in [1.82, 2.24) is 29.9 Å². The highest BCUT2D eigenvalue weighted by Gasteiger charge is 2.11. The molecule has 0 saturated carbocycles. The minimum absolute atomic E-state index is 0.382. The molecule has 0 unspecified atom stereocenters. The second-order valence-corrected chi connectivity index (χ2v) is 7.17. The molecule has 0 amide bonds. The number of pyridine rings is 2. The minimum Gasteiger partial charge on any atom is -0.368 e. The van der Waals surface area contributed by atoms with Gasteiger partial charge in [0.25, 0.3) is 0 Å². The maximum atomic E-state index is 4.71. The van der Waals surface area contributed by atoms with Gasteiger partial charge in [0, 0.05) is 49.2 Å². The largest absolute Gasteiger partial charge is 0.368 e. The smallest absolute Gasteiger partial charge is 0.156 e. The molecule has 0 aliphatic rings. The Balaban J connectivity index is 1.63. The molecular weight excluding hydrogens is 364 g/mol. The number of nitrogens with one attached hydrogen (secondary N) is 1. The van der Waals surface area contributed by atoms with E-state index in [9.17, 15) is 0 Å². The average molecular weight is 388 g/mol. The molecular formula is C21H24N8. The molecule has 0 saturated heterocycles. The third-order valence-corrected chi connectivity index (χ3v) is 4.77. The van der Waals surface area contributed by atoms with E-state index in [1.165, 1.54) is 0 Å². The van der Waals surface area contributed by atoms with Crippen molar-refractivity contribution in [3.05, 3.63) is 49.1 Å². The Bertz CT molecular complexity index is 1130. The van der Waals surface area contributed by atoms with Gasteiger partial charge in [-0.3, -0.25) is 9.67 Å². The SMILES string of the molecule is CCN(c1cnnc(Nc2ccc3ncc(-c4cnn(C)c4)cc3n2)c1)C(C)C. The fraction of sp³-hybridized carbons (Fsp3) is 0.286. The Morgan fingerprint density at radius 2 is 1.90 bits per heavy atom. The van der Waals surface area contributed by atoms with E-state index in [1.54, 1.807) is 10.9 Å². The highest BCUT2D eigenvalue weighted by Crippen LogP contribution is 2.24.